The molecular weight excluding hydrogens is 184 g/mol. The quantitative estimate of drug-likeness (QED) is 0.631. The molecule has 0 radical (unpaired) electrons. The van der Waals surface area contributed by atoms with Gasteiger partial charge in [-0.05, 0) is 12.2 Å². The maximum Gasteiger partial charge on any atom is 0.335 e. The lowest BCUT2D eigenvalue weighted by molar-refractivity contribution is -0.132. The molecule has 0 bridgehead atoms. The van der Waals surface area contributed by atoms with Gasteiger partial charge in [0.25, 0.3) is 5.91 Å². The zero-order valence-corrected chi connectivity index (χ0v) is 7.04. The maximum absolute atomic E-state index is 10.9. The van der Waals surface area contributed by atoms with Crippen LogP contribution in [-0.4, -0.2) is 35.0 Å². The third kappa shape index (κ3) is 1.39. The molecule has 0 fully saturated rings. The molecule has 1 unspecified atom stereocenters. The van der Waals surface area contributed by atoms with Gasteiger partial charge in [0, 0.05) is 0 Å². The summed E-state index contributed by atoms with van der Waals surface area (Å²) in [5.74, 6) is -1.49. The number of hydrogen-bond acceptors (Lipinski definition) is 3. The molecule has 0 aromatic rings. The van der Waals surface area contributed by atoms with Crippen LogP contribution in [0.5, 0.6) is 0 Å². The van der Waals surface area contributed by atoms with E-state index in [0.29, 0.717) is 5.71 Å². The third-order valence-electron chi connectivity index (χ3n) is 1.90. The number of aliphatic carboxylic acids is 1. The maximum atomic E-state index is 10.9. The van der Waals surface area contributed by atoms with Crippen molar-refractivity contribution in [3.05, 3.63) is 23.8 Å². The molecule has 0 aromatic heterocycles. The molecule has 1 aliphatic carbocycles. The monoisotopic (exact) mass is 190 g/mol. The Labute approximate surface area is 79.2 Å². The molecule has 1 N–H and O–H groups in total. The fraction of sp³-hybridized carbons (Fsp3) is 0.111. The van der Waals surface area contributed by atoms with Gasteiger partial charge >= 0.3 is 5.97 Å². The highest BCUT2D eigenvalue weighted by atomic mass is 16.4. The Kier molecular flexibility index (Phi) is 1.85. The topological polar surface area (TPSA) is 79.1 Å². The molecule has 1 heterocycles. The molecule has 0 aromatic carbocycles. The van der Waals surface area contributed by atoms with Gasteiger partial charge < -0.3 is 5.11 Å². The van der Waals surface area contributed by atoms with Crippen molar-refractivity contribution in [2.75, 3.05) is 0 Å². The molecule has 0 saturated carbocycles. The van der Waals surface area contributed by atoms with Crippen LogP contribution in [0.15, 0.2) is 33.8 Å². The minimum Gasteiger partial charge on any atom is -0.478 e. The summed E-state index contributed by atoms with van der Waals surface area (Å²) in [4.78, 5) is 29.0. The third-order valence-corrected chi connectivity index (χ3v) is 1.90. The minimum atomic E-state index is -1.04. The van der Waals surface area contributed by atoms with Crippen LogP contribution in [0.1, 0.15) is 0 Å². The number of carboxylic acid groups (broad SMARTS) is 1. The van der Waals surface area contributed by atoms with Crippen molar-refractivity contribution in [2.45, 2.75) is 6.04 Å². The van der Waals surface area contributed by atoms with E-state index < -0.39 is 11.9 Å². The number of amides is 1. The number of carbonyl (C=O) groups excluding carboxylic acids is 1. The van der Waals surface area contributed by atoms with Crippen LogP contribution < -0.4 is 0 Å². The van der Waals surface area contributed by atoms with Gasteiger partial charge in [0.2, 0.25) is 0 Å². The second-order valence-corrected chi connectivity index (χ2v) is 2.86. The van der Waals surface area contributed by atoms with Crippen LogP contribution in [0.25, 0.3) is 0 Å². The summed E-state index contributed by atoms with van der Waals surface area (Å²) in [5.41, 5.74) is 0.502. The van der Waals surface area contributed by atoms with Crippen LogP contribution in [-0.2, 0) is 9.59 Å². The Morgan fingerprint density at radius 3 is 3.00 bits per heavy atom. The normalized spacial score (nSPS) is 24.0. The number of hydrogen-bond donors (Lipinski definition) is 1. The van der Waals surface area contributed by atoms with Crippen molar-refractivity contribution in [3.8, 4) is 0 Å². The van der Waals surface area contributed by atoms with E-state index in [9.17, 15) is 9.59 Å². The first-order valence-corrected chi connectivity index (χ1v) is 3.96. The molecule has 1 amide bonds. The lowest BCUT2D eigenvalue weighted by atomic mass is 10.0. The fourth-order valence-corrected chi connectivity index (χ4v) is 1.24. The SMILES string of the molecule is O=C1C=NC2C=CC(C(=O)O)=CC2=N1. The molecule has 2 rings (SSSR count). The van der Waals surface area contributed by atoms with Gasteiger partial charge in [-0.25, -0.2) is 9.79 Å². The summed E-state index contributed by atoms with van der Waals surface area (Å²) >= 11 is 0. The Hall–Kier alpha value is -2.04. The van der Waals surface area contributed by atoms with E-state index in [1.807, 2.05) is 0 Å². The highest BCUT2D eigenvalue weighted by molar-refractivity contribution is 6.33. The zero-order chi connectivity index (χ0) is 10.1. The number of aliphatic imine (C=N–C) groups is 2. The Morgan fingerprint density at radius 1 is 1.50 bits per heavy atom. The number of carbonyl (C=O) groups is 2. The van der Waals surface area contributed by atoms with Gasteiger partial charge in [0.1, 0.15) is 6.04 Å². The van der Waals surface area contributed by atoms with Crippen LogP contribution >= 0.6 is 0 Å². The van der Waals surface area contributed by atoms with Gasteiger partial charge in [-0.1, -0.05) is 6.08 Å². The van der Waals surface area contributed by atoms with Crippen molar-refractivity contribution in [2.24, 2.45) is 9.98 Å². The van der Waals surface area contributed by atoms with Crippen LogP contribution in [0, 0.1) is 0 Å². The first-order valence-electron chi connectivity index (χ1n) is 3.96. The van der Waals surface area contributed by atoms with E-state index >= 15 is 0 Å². The predicted octanol–water partition coefficient (Wildman–Crippen LogP) is -0.0122. The molecule has 0 spiro atoms. The predicted molar refractivity (Wildman–Crippen MR) is 49.6 cm³/mol. The molecule has 70 valence electrons. The van der Waals surface area contributed by atoms with E-state index in [0.717, 1.165) is 6.21 Å². The summed E-state index contributed by atoms with van der Waals surface area (Å²) in [7, 11) is 0. The van der Waals surface area contributed by atoms with Crippen LogP contribution in [0.4, 0.5) is 0 Å². The Balaban J connectivity index is 2.38. The van der Waals surface area contributed by atoms with Crippen molar-refractivity contribution >= 4 is 23.8 Å². The van der Waals surface area contributed by atoms with Crippen molar-refractivity contribution < 1.29 is 14.7 Å². The molecule has 5 nitrogen and oxygen atoms in total. The molecule has 5 heteroatoms. The summed E-state index contributed by atoms with van der Waals surface area (Å²) in [6, 6.07) is -0.309. The zero-order valence-electron chi connectivity index (χ0n) is 7.04. The number of rotatable bonds is 1. The largest absolute Gasteiger partial charge is 0.478 e. The van der Waals surface area contributed by atoms with Gasteiger partial charge in [-0.15, -0.1) is 0 Å². The minimum absolute atomic E-state index is 0.116. The second-order valence-electron chi connectivity index (χ2n) is 2.86. The van der Waals surface area contributed by atoms with Gasteiger partial charge in [-0.2, -0.15) is 0 Å². The van der Waals surface area contributed by atoms with Crippen molar-refractivity contribution in [1.82, 2.24) is 0 Å². The van der Waals surface area contributed by atoms with Crippen molar-refractivity contribution in [3.63, 3.8) is 0 Å². The van der Waals surface area contributed by atoms with Gasteiger partial charge in [0.15, 0.2) is 0 Å². The average Bonchev–Trinajstić information content (AvgIpc) is 2.16. The number of nitrogens with zero attached hydrogens (tertiary/aromatic N) is 2. The number of fused-ring (bicyclic) bond motifs is 1. The fourth-order valence-electron chi connectivity index (χ4n) is 1.24. The van der Waals surface area contributed by atoms with E-state index in [4.69, 9.17) is 5.11 Å². The van der Waals surface area contributed by atoms with E-state index in [1.54, 1.807) is 6.08 Å². The van der Waals surface area contributed by atoms with Crippen LogP contribution in [0.3, 0.4) is 0 Å². The van der Waals surface area contributed by atoms with Gasteiger partial charge in [-0.3, -0.25) is 9.79 Å². The molecule has 0 saturated heterocycles. The number of carboxylic acids is 1. The molecule has 2 aliphatic rings. The summed E-state index contributed by atoms with van der Waals surface area (Å²) in [6.45, 7) is 0. The van der Waals surface area contributed by atoms with Gasteiger partial charge in [0.05, 0.1) is 17.5 Å². The molecular formula is C9H6N2O3. The van der Waals surface area contributed by atoms with E-state index in [2.05, 4.69) is 9.98 Å². The van der Waals surface area contributed by atoms with Crippen LogP contribution in [0.2, 0.25) is 0 Å². The average molecular weight is 190 g/mol. The van der Waals surface area contributed by atoms with Crippen molar-refractivity contribution in [1.29, 1.82) is 0 Å². The molecule has 1 aliphatic heterocycles. The summed E-state index contributed by atoms with van der Waals surface area (Å²) in [5, 5.41) is 8.70. The first-order chi connectivity index (χ1) is 6.66. The highest BCUT2D eigenvalue weighted by Gasteiger charge is 2.21. The summed E-state index contributed by atoms with van der Waals surface area (Å²) < 4.78 is 0. The Bertz CT molecular complexity index is 429. The lowest BCUT2D eigenvalue weighted by Gasteiger charge is -2.15. The Morgan fingerprint density at radius 2 is 2.29 bits per heavy atom. The highest BCUT2D eigenvalue weighted by Crippen LogP contribution is 2.13. The summed E-state index contributed by atoms with van der Waals surface area (Å²) in [6.07, 6.45) is 5.56. The molecule has 14 heavy (non-hydrogen) atoms. The molecule has 1 atom stereocenters. The second kappa shape index (κ2) is 3.02. The smallest absolute Gasteiger partial charge is 0.335 e. The van der Waals surface area contributed by atoms with E-state index in [-0.39, 0.29) is 11.6 Å². The first kappa shape index (κ1) is 8.55. The lowest BCUT2D eigenvalue weighted by Crippen LogP contribution is -2.25. The standard InChI is InChI=1S/C9H6N2O3/c12-8-4-10-6-2-1-5(9(13)14)3-7(6)11-8/h1-4,6H,(H,13,14). The van der Waals surface area contributed by atoms with E-state index in [1.165, 1.54) is 12.2 Å².